The van der Waals surface area contributed by atoms with Gasteiger partial charge in [-0.1, -0.05) is 28.8 Å². The fourth-order valence-electron chi connectivity index (χ4n) is 2.24. The molecule has 1 N–H and O–H groups in total. The van der Waals surface area contributed by atoms with Crippen LogP contribution in [0, 0.1) is 11.8 Å². The Balaban J connectivity index is 2.01. The molecule has 0 radical (unpaired) electrons. The van der Waals surface area contributed by atoms with Crippen molar-refractivity contribution in [3.8, 4) is 0 Å². The molecule has 5 heteroatoms. The highest BCUT2D eigenvalue weighted by Gasteiger charge is 2.39. The lowest BCUT2D eigenvalue weighted by molar-refractivity contribution is -0.148. The predicted octanol–water partition coefficient (Wildman–Crippen LogP) is 1.48. The molecule has 1 heterocycles. The molecule has 1 aliphatic carbocycles. The van der Waals surface area contributed by atoms with Gasteiger partial charge in [0.05, 0.1) is 0 Å². The third-order valence-electron chi connectivity index (χ3n) is 3.37. The molecule has 1 saturated heterocycles. The second kappa shape index (κ2) is 4.73. The largest absolute Gasteiger partial charge is 0.480 e. The third kappa shape index (κ3) is 2.56. The van der Waals surface area contributed by atoms with Gasteiger partial charge < -0.3 is 10.0 Å². The number of alkyl halides is 1. The van der Waals surface area contributed by atoms with Gasteiger partial charge in [-0.2, -0.15) is 0 Å². The van der Waals surface area contributed by atoms with Crippen LogP contribution < -0.4 is 0 Å². The molecule has 2 rings (SSSR count). The molecule has 2 unspecified atom stereocenters. The molecule has 2 fully saturated rings. The lowest BCUT2D eigenvalue weighted by Crippen LogP contribution is -2.42. The minimum absolute atomic E-state index is 0.00231. The van der Waals surface area contributed by atoms with Crippen LogP contribution in [0.15, 0.2) is 0 Å². The first-order valence-corrected chi connectivity index (χ1v) is 6.82. The number of nitrogens with zero attached hydrogens (tertiary/aromatic N) is 1. The van der Waals surface area contributed by atoms with E-state index in [0.717, 1.165) is 18.2 Å². The number of rotatable bonds is 5. The maximum atomic E-state index is 11.7. The standard InChI is InChI=1S/C11H16BrNO3/c12-5-8-4-10(14)13(6-8)9(11(15)16)3-7-1-2-7/h7-9H,1-6H2,(H,15,16). The summed E-state index contributed by atoms with van der Waals surface area (Å²) >= 11 is 3.35. The first-order valence-electron chi connectivity index (χ1n) is 5.70. The molecule has 2 aliphatic rings. The summed E-state index contributed by atoms with van der Waals surface area (Å²) in [6, 6.07) is -0.593. The van der Waals surface area contributed by atoms with E-state index in [1.165, 1.54) is 0 Å². The number of carbonyl (C=O) groups is 2. The van der Waals surface area contributed by atoms with Crippen LogP contribution >= 0.6 is 15.9 Å². The van der Waals surface area contributed by atoms with Crippen molar-refractivity contribution < 1.29 is 14.7 Å². The summed E-state index contributed by atoms with van der Waals surface area (Å²) in [6.07, 6.45) is 3.36. The Morgan fingerprint density at radius 3 is 2.62 bits per heavy atom. The summed E-state index contributed by atoms with van der Waals surface area (Å²) in [7, 11) is 0. The van der Waals surface area contributed by atoms with E-state index in [1.807, 2.05) is 0 Å². The Kier molecular flexibility index (Phi) is 3.52. The molecule has 0 bridgehead atoms. The molecule has 16 heavy (non-hydrogen) atoms. The van der Waals surface area contributed by atoms with Crippen LogP contribution in [0.3, 0.4) is 0 Å². The summed E-state index contributed by atoms with van der Waals surface area (Å²) in [5, 5.41) is 9.95. The van der Waals surface area contributed by atoms with Gasteiger partial charge in [-0.3, -0.25) is 4.79 Å². The van der Waals surface area contributed by atoms with Crippen LogP contribution in [0.2, 0.25) is 0 Å². The van der Waals surface area contributed by atoms with Crippen LogP contribution in [-0.2, 0) is 9.59 Å². The minimum Gasteiger partial charge on any atom is -0.480 e. The maximum Gasteiger partial charge on any atom is 0.326 e. The Morgan fingerprint density at radius 1 is 1.50 bits per heavy atom. The maximum absolute atomic E-state index is 11.7. The van der Waals surface area contributed by atoms with Crippen molar-refractivity contribution in [3.05, 3.63) is 0 Å². The summed E-state index contributed by atoms with van der Waals surface area (Å²) < 4.78 is 0. The van der Waals surface area contributed by atoms with Crippen molar-refractivity contribution in [2.75, 3.05) is 11.9 Å². The first kappa shape index (κ1) is 11.9. The topological polar surface area (TPSA) is 57.6 Å². The van der Waals surface area contributed by atoms with Gasteiger partial charge in [-0.25, -0.2) is 4.79 Å². The smallest absolute Gasteiger partial charge is 0.326 e. The highest BCUT2D eigenvalue weighted by atomic mass is 79.9. The molecule has 2 atom stereocenters. The molecule has 1 aliphatic heterocycles. The van der Waals surface area contributed by atoms with Gasteiger partial charge in [0.1, 0.15) is 6.04 Å². The molecule has 0 aromatic heterocycles. The molecule has 1 saturated carbocycles. The minimum atomic E-state index is -0.851. The molecule has 0 spiro atoms. The van der Waals surface area contributed by atoms with E-state index in [0.29, 0.717) is 25.3 Å². The Hall–Kier alpha value is -0.580. The summed E-state index contributed by atoms with van der Waals surface area (Å²) in [5.41, 5.74) is 0. The number of aliphatic carboxylic acids is 1. The molecule has 90 valence electrons. The third-order valence-corrected chi connectivity index (χ3v) is 4.29. The molecule has 1 amide bonds. The summed E-state index contributed by atoms with van der Waals surface area (Å²) in [5.74, 6) is -0.0570. The SMILES string of the molecule is O=C(O)C(CC1CC1)N1CC(CBr)CC1=O. The zero-order chi connectivity index (χ0) is 11.7. The van der Waals surface area contributed by atoms with Gasteiger partial charge in [-0.15, -0.1) is 0 Å². The highest BCUT2D eigenvalue weighted by Crippen LogP contribution is 2.36. The van der Waals surface area contributed by atoms with Gasteiger partial charge in [0.15, 0.2) is 0 Å². The van der Waals surface area contributed by atoms with E-state index < -0.39 is 12.0 Å². The number of likely N-dealkylation sites (tertiary alicyclic amines) is 1. The second-order valence-corrected chi connectivity index (χ2v) is 5.45. The fraction of sp³-hybridized carbons (Fsp3) is 0.818. The van der Waals surface area contributed by atoms with Crippen molar-refractivity contribution in [2.24, 2.45) is 11.8 Å². The second-order valence-electron chi connectivity index (χ2n) is 4.80. The Morgan fingerprint density at radius 2 is 2.19 bits per heavy atom. The molecular formula is C11H16BrNO3. The molecular weight excluding hydrogens is 274 g/mol. The van der Waals surface area contributed by atoms with Crippen molar-refractivity contribution in [1.29, 1.82) is 0 Å². The number of carboxylic acid groups (broad SMARTS) is 1. The van der Waals surface area contributed by atoms with Crippen molar-refractivity contribution in [1.82, 2.24) is 4.90 Å². The Labute approximate surface area is 103 Å². The number of hydrogen-bond acceptors (Lipinski definition) is 2. The molecule has 0 aromatic rings. The quantitative estimate of drug-likeness (QED) is 0.780. The summed E-state index contributed by atoms with van der Waals surface area (Å²) in [6.45, 7) is 0.591. The fourth-order valence-corrected chi connectivity index (χ4v) is 2.68. The number of carboxylic acids is 1. The van der Waals surface area contributed by atoms with Gasteiger partial charge in [0.25, 0.3) is 0 Å². The van der Waals surface area contributed by atoms with E-state index >= 15 is 0 Å². The number of halogens is 1. The lowest BCUT2D eigenvalue weighted by Gasteiger charge is -2.24. The van der Waals surface area contributed by atoms with Crippen LogP contribution in [0.4, 0.5) is 0 Å². The Bertz CT molecular complexity index is 304. The van der Waals surface area contributed by atoms with Crippen molar-refractivity contribution >= 4 is 27.8 Å². The average molecular weight is 290 g/mol. The van der Waals surface area contributed by atoms with E-state index in [1.54, 1.807) is 4.90 Å². The van der Waals surface area contributed by atoms with Crippen molar-refractivity contribution in [3.63, 3.8) is 0 Å². The van der Waals surface area contributed by atoms with Gasteiger partial charge >= 0.3 is 5.97 Å². The zero-order valence-electron chi connectivity index (χ0n) is 9.06. The van der Waals surface area contributed by atoms with Gasteiger partial charge in [0, 0.05) is 18.3 Å². The van der Waals surface area contributed by atoms with Crippen LogP contribution in [-0.4, -0.2) is 39.8 Å². The van der Waals surface area contributed by atoms with Crippen LogP contribution in [0.25, 0.3) is 0 Å². The molecule has 0 aromatic carbocycles. The zero-order valence-corrected chi connectivity index (χ0v) is 10.6. The number of carbonyl (C=O) groups excluding carboxylic acids is 1. The highest BCUT2D eigenvalue weighted by molar-refractivity contribution is 9.09. The van der Waals surface area contributed by atoms with Crippen LogP contribution in [0.5, 0.6) is 0 Å². The average Bonchev–Trinajstić information content (AvgIpc) is 2.98. The van der Waals surface area contributed by atoms with E-state index in [2.05, 4.69) is 15.9 Å². The first-order chi connectivity index (χ1) is 7.61. The number of hydrogen-bond donors (Lipinski definition) is 1. The van der Waals surface area contributed by atoms with E-state index in [-0.39, 0.29) is 11.8 Å². The van der Waals surface area contributed by atoms with E-state index in [4.69, 9.17) is 0 Å². The van der Waals surface area contributed by atoms with Crippen LogP contribution in [0.1, 0.15) is 25.7 Å². The normalized spacial score (nSPS) is 27.2. The van der Waals surface area contributed by atoms with Crippen molar-refractivity contribution in [2.45, 2.75) is 31.7 Å². The lowest BCUT2D eigenvalue weighted by atomic mass is 10.1. The molecule has 4 nitrogen and oxygen atoms in total. The number of amides is 1. The van der Waals surface area contributed by atoms with E-state index in [9.17, 15) is 14.7 Å². The monoisotopic (exact) mass is 289 g/mol. The van der Waals surface area contributed by atoms with Gasteiger partial charge in [-0.05, 0) is 18.3 Å². The summed E-state index contributed by atoms with van der Waals surface area (Å²) in [4.78, 5) is 24.5. The van der Waals surface area contributed by atoms with Gasteiger partial charge in [0.2, 0.25) is 5.91 Å². The predicted molar refractivity (Wildman–Crippen MR) is 62.4 cm³/mol.